The van der Waals surface area contributed by atoms with Crippen molar-refractivity contribution in [2.45, 2.75) is 12.5 Å². The predicted octanol–water partition coefficient (Wildman–Crippen LogP) is -0.413. The van der Waals surface area contributed by atoms with Crippen LogP contribution in [0.4, 0.5) is 0 Å². The van der Waals surface area contributed by atoms with Crippen LogP contribution in [0, 0.1) is 5.92 Å². The minimum atomic E-state index is 0.353. The fourth-order valence-electron chi connectivity index (χ4n) is 0.803. The lowest BCUT2D eigenvalue weighted by Gasteiger charge is -1.88. The summed E-state index contributed by atoms with van der Waals surface area (Å²) in [5.74, 6) is 0.560. The van der Waals surface area contributed by atoms with E-state index >= 15 is 0 Å². The second kappa shape index (κ2) is 1.80. The molecule has 42 valence electrons. The van der Waals surface area contributed by atoms with E-state index < -0.39 is 0 Å². The van der Waals surface area contributed by atoms with Crippen LogP contribution in [0.1, 0.15) is 6.42 Å². The van der Waals surface area contributed by atoms with Crippen LogP contribution in [0.2, 0.25) is 0 Å². The number of rotatable bonds is 2. The largest absolute Gasteiger partial charge is 0.396 e. The van der Waals surface area contributed by atoms with E-state index in [0.29, 0.717) is 18.6 Å². The summed E-state index contributed by atoms with van der Waals surface area (Å²) in [6, 6.07) is 0.616. The fourth-order valence-corrected chi connectivity index (χ4v) is 0.803. The van der Waals surface area contributed by atoms with Crippen LogP contribution < -0.4 is 5.32 Å². The molecule has 0 aliphatic heterocycles. The van der Waals surface area contributed by atoms with Crippen LogP contribution in [0.15, 0.2) is 0 Å². The van der Waals surface area contributed by atoms with Crippen molar-refractivity contribution in [3.8, 4) is 0 Å². The van der Waals surface area contributed by atoms with Crippen molar-refractivity contribution in [1.82, 2.24) is 5.32 Å². The summed E-state index contributed by atoms with van der Waals surface area (Å²) in [6.07, 6.45) is 1.16. The van der Waals surface area contributed by atoms with Gasteiger partial charge >= 0.3 is 0 Å². The Labute approximate surface area is 43.5 Å². The van der Waals surface area contributed by atoms with Crippen molar-refractivity contribution in [2.24, 2.45) is 5.92 Å². The standard InChI is InChI=1S/C5H11NO/c1-6-5-2-4(5)3-7/h4-7H,2-3H2,1H3/t4-,5-/m0/s1. The Morgan fingerprint density at radius 3 is 2.71 bits per heavy atom. The van der Waals surface area contributed by atoms with Gasteiger partial charge in [0.05, 0.1) is 0 Å². The Kier molecular flexibility index (Phi) is 1.30. The third-order valence-electron chi connectivity index (χ3n) is 1.53. The van der Waals surface area contributed by atoms with Crippen LogP contribution in [0.5, 0.6) is 0 Å². The second-order valence-corrected chi connectivity index (χ2v) is 2.07. The van der Waals surface area contributed by atoms with Crippen molar-refractivity contribution in [2.75, 3.05) is 13.7 Å². The third-order valence-corrected chi connectivity index (χ3v) is 1.53. The molecule has 0 aromatic rings. The Hall–Kier alpha value is -0.0800. The molecule has 1 fully saturated rings. The van der Waals surface area contributed by atoms with Gasteiger partial charge in [0, 0.05) is 12.6 Å². The molecule has 2 atom stereocenters. The average molecular weight is 101 g/mol. The minimum absolute atomic E-state index is 0.353. The molecule has 2 N–H and O–H groups in total. The van der Waals surface area contributed by atoms with Crippen LogP contribution in [-0.4, -0.2) is 24.8 Å². The summed E-state index contributed by atoms with van der Waals surface area (Å²) >= 11 is 0. The van der Waals surface area contributed by atoms with Gasteiger partial charge in [-0.15, -0.1) is 0 Å². The molecule has 0 saturated heterocycles. The van der Waals surface area contributed by atoms with Gasteiger partial charge in [-0.1, -0.05) is 0 Å². The third kappa shape index (κ3) is 0.924. The zero-order valence-corrected chi connectivity index (χ0v) is 4.52. The first kappa shape index (κ1) is 5.06. The summed E-state index contributed by atoms with van der Waals surface area (Å²) in [6.45, 7) is 0.353. The maximum Gasteiger partial charge on any atom is 0.0474 e. The molecule has 2 heteroatoms. The van der Waals surface area contributed by atoms with Crippen molar-refractivity contribution in [1.29, 1.82) is 0 Å². The molecular formula is C5H11NO. The van der Waals surface area contributed by atoms with Crippen molar-refractivity contribution >= 4 is 0 Å². The number of hydrogen-bond donors (Lipinski definition) is 2. The molecule has 0 unspecified atom stereocenters. The summed E-state index contributed by atoms with van der Waals surface area (Å²) in [5, 5.41) is 11.5. The average Bonchev–Trinajstić information content (AvgIpc) is 2.43. The normalized spacial score (nSPS) is 38.6. The molecule has 2 nitrogen and oxygen atoms in total. The lowest BCUT2D eigenvalue weighted by Crippen LogP contribution is -2.11. The first-order chi connectivity index (χ1) is 3.38. The van der Waals surface area contributed by atoms with E-state index in [1.54, 1.807) is 0 Å². The number of nitrogens with one attached hydrogen (secondary N) is 1. The van der Waals surface area contributed by atoms with E-state index in [0.717, 1.165) is 6.42 Å². The van der Waals surface area contributed by atoms with Gasteiger partial charge in [0.2, 0.25) is 0 Å². The van der Waals surface area contributed by atoms with Gasteiger partial charge in [0.25, 0.3) is 0 Å². The lowest BCUT2D eigenvalue weighted by atomic mass is 10.4. The monoisotopic (exact) mass is 101 g/mol. The lowest BCUT2D eigenvalue weighted by molar-refractivity contribution is 0.272. The highest BCUT2D eigenvalue weighted by atomic mass is 16.3. The minimum Gasteiger partial charge on any atom is -0.396 e. The quantitative estimate of drug-likeness (QED) is 0.495. The molecule has 0 aromatic heterocycles. The predicted molar refractivity (Wildman–Crippen MR) is 28.0 cm³/mol. The van der Waals surface area contributed by atoms with Gasteiger partial charge in [-0.25, -0.2) is 0 Å². The zero-order chi connectivity index (χ0) is 5.28. The van der Waals surface area contributed by atoms with Crippen LogP contribution in [0.25, 0.3) is 0 Å². The molecule has 0 aromatic carbocycles. The fraction of sp³-hybridized carbons (Fsp3) is 1.00. The number of hydrogen-bond acceptors (Lipinski definition) is 2. The van der Waals surface area contributed by atoms with Gasteiger partial charge < -0.3 is 10.4 Å². The van der Waals surface area contributed by atoms with Crippen molar-refractivity contribution in [3.63, 3.8) is 0 Å². The van der Waals surface area contributed by atoms with Crippen LogP contribution in [-0.2, 0) is 0 Å². The van der Waals surface area contributed by atoms with E-state index in [9.17, 15) is 0 Å². The number of aliphatic hydroxyl groups is 1. The van der Waals surface area contributed by atoms with E-state index in [1.807, 2.05) is 7.05 Å². The molecule has 1 saturated carbocycles. The summed E-state index contributed by atoms with van der Waals surface area (Å²) < 4.78 is 0. The van der Waals surface area contributed by atoms with Gasteiger partial charge in [-0.05, 0) is 19.4 Å². The molecule has 1 aliphatic rings. The van der Waals surface area contributed by atoms with Crippen LogP contribution in [0.3, 0.4) is 0 Å². The van der Waals surface area contributed by atoms with Crippen molar-refractivity contribution in [3.05, 3.63) is 0 Å². The Morgan fingerprint density at radius 2 is 2.57 bits per heavy atom. The summed E-state index contributed by atoms with van der Waals surface area (Å²) in [7, 11) is 1.93. The molecule has 0 spiro atoms. The SMILES string of the molecule is CN[C@H]1C[C@H]1CO. The Balaban J connectivity index is 2.06. The molecular weight excluding hydrogens is 90.1 g/mol. The highest BCUT2D eigenvalue weighted by Gasteiger charge is 2.34. The van der Waals surface area contributed by atoms with Crippen molar-refractivity contribution < 1.29 is 5.11 Å². The second-order valence-electron chi connectivity index (χ2n) is 2.07. The van der Waals surface area contributed by atoms with E-state index in [1.165, 1.54) is 0 Å². The summed E-state index contributed by atoms with van der Waals surface area (Å²) in [4.78, 5) is 0. The first-order valence-electron chi connectivity index (χ1n) is 2.66. The van der Waals surface area contributed by atoms with E-state index in [2.05, 4.69) is 5.32 Å². The molecule has 0 amide bonds. The number of aliphatic hydroxyl groups excluding tert-OH is 1. The molecule has 0 radical (unpaired) electrons. The maximum absolute atomic E-state index is 8.47. The molecule has 1 rings (SSSR count). The maximum atomic E-state index is 8.47. The first-order valence-corrected chi connectivity index (χ1v) is 2.66. The van der Waals surface area contributed by atoms with Crippen LogP contribution >= 0.6 is 0 Å². The van der Waals surface area contributed by atoms with E-state index in [-0.39, 0.29) is 0 Å². The van der Waals surface area contributed by atoms with Gasteiger partial charge in [-0.2, -0.15) is 0 Å². The van der Waals surface area contributed by atoms with E-state index in [4.69, 9.17) is 5.11 Å². The Bertz CT molecular complexity index is 57.1. The molecule has 0 bridgehead atoms. The molecule has 1 aliphatic carbocycles. The highest BCUT2D eigenvalue weighted by Crippen LogP contribution is 2.28. The smallest absolute Gasteiger partial charge is 0.0474 e. The molecule has 0 heterocycles. The van der Waals surface area contributed by atoms with Gasteiger partial charge in [0.15, 0.2) is 0 Å². The topological polar surface area (TPSA) is 32.3 Å². The molecule has 7 heavy (non-hydrogen) atoms. The van der Waals surface area contributed by atoms with Gasteiger partial charge in [0.1, 0.15) is 0 Å². The Morgan fingerprint density at radius 1 is 1.86 bits per heavy atom. The summed E-state index contributed by atoms with van der Waals surface area (Å²) in [5.41, 5.74) is 0. The zero-order valence-electron chi connectivity index (χ0n) is 4.52. The highest BCUT2D eigenvalue weighted by molar-refractivity contribution is 4.90. The van der Waals surface area contributed by atoms with Gasteiger partial charge in [-0.3, -0.25) is 0 Å².